The van der Waals surface area contributed by atoms with Crippen LogP contribution in [0.3, 0.4) is 0 Å². The minimum atomic E-state index is 0.0686. The first-order valence-corrected chi connectivity index (χ1v) is 6.70. The number of carbonyl (C=O) groups excluding carboxylic acids is 1. The fourth-order valence-electron chi connectivity index (χ4n) is 2.38. The maximum Gasteiger partial charge on any atom is 0.225 e. The van der Waals surface area contributed by atoms with E-state index >= 15 is 0 Å². The number of likely N-dealkylation sites (tertiary alicyclic amines) is 1. The summed E-state index contributed by atoms with van der Waals surface area (Å²) in [6, 6.07) is 5.92. The van der Waals surface area contributed by atoms with E-state index in [1.54, 1.807) is 6.07 Å². The van der Waals surface area contributed by atoms with Gasteiger partial charge in [-0.1, -0.05) is 17.7 Å². The first-order chi connectivity index (χ1) is 8.56. The molecule has 1 amide bonds. The summed E-state index contributed by atoms with van der Waals surface area (Å²) < 4.78 is 0. The Balaban J connectivity index is 1.96. The van der Waals surface area contributed by atoms with E-state index in [9.17, 15) is 4.79 Å². The fourth-order valence-corrected chi connectivity index (χ4v) is 2.55. The average Bonchev–Trinajstić information content (AvgIpc) is 2.70. The molecule has 98 valence electrons. The highest BCUT2D eigenvalue weighted by molar-refractivity contribution is 6.31. The number of halogens is 1. The minimum Gasteiger partial charge on any atom is -0.326 e. The highest BCUT2D eigenvalue weighted by atomic mass is 35.5. The summed E-state index contributed by atoms with van der Waals surface area (Å²) in [6.07, 6.45) is 2.85. The van der Waals surface area contributed by atoms with Gasteiger partial charge in [0.05, 0.1) is 0 Å². The van der Waals surface area contributed by atoms with Crippen molar-refractivity contribution >= 4 is 23.2 Å². The summed E-state index contributed by atoms with van der Waals surface area (Å²) in [4.78, 5) is 14.3. The van der Waals surface area contributed by atoms with Gasteiger partial charge in [0.15, 0.2) is 0 Å². The van der Waals surface area contributed by atoms with Crippen LogP contribution in [0.25, 0.3) is 0 Å². The quantitative estimate of drug-likeness (QED) is 0.912. The van der Waals surface area contributed by atoms with Gasteiger partial charge in [-0.3, -0.25) is 4.79 Å². The predicted molar refractivity (Wildman–Crippen MR) is 75.1 cm³/mol. The summed E-state index contributed by atoms with van der Waals surface area (Å²) in [7, 11) is 2.08. The normalized spacial score (nSPS) is 20.1. The molecule has 1 fully saturated rings. The lowest BCUT2D eigenvalue weighted by molar-refractivity contribution is -0.117. The van der Waals surface area contributed by atoms with E-state index in [0.717, 1.165) is 24.2 Å². The van der Waals surface area contributed by atoms with Gasteiger partial charge in [-0.25, -0.2) is 0 Å². The van der Waals surface area contributed by atoms with E-state index in [0.29, 0.717) is 17.5 Å². The molecule has 0 bridgehead atoms. The van der Waals surface area contributed by atoms with Crippen molar-refractivity contribution in [2.24, 2.45) is 0 Å². The Morgan fingerprint density at radius 1 is 1.56 bits per heavy atom. The van der Waals surface area contributed by atoms with Crippen LogP contribution in [0.5, 0.6) is 0 Å². The molecule has 1 aliphatic rings. The Kier molecular flexibility index (Phi) is 4.25. The van der Waals surface area contributed by atoms with Crippen LogP contribution in [0.2, 0.25) is 5.02 Å². The largest absolute Gasteiger partial charge is 0.326 e. The standard InChI is InChI=1S/C14H19ClN2O/c1-10-5-6-11(15)8-13(10)16-14(18)9-12-4-3-7-17(12)2/h5-6,8,12H,3-4,7,9H2,1-2H3,(H,16,18). The zero-order valence-electron chi connectivity index (χ0n) is 10.9. The molecule has 1 heterocycles. The van der Waals surface area contributed by atoms with Crippen LogP contribution >= 0.6 is 11.6 Å². The topological polar surface area (TPSA) is 32.3 Å². The number of hydrogen-bond acceptors (Lipinski definition) is 2. The summed E-state index contributed by atoms with van der Waals surface area (Å²) in [5.41, 5.74) is 1.85. The lowest BCUT2D eigenvalue weighted by Crippen LogP contribution is -2.29. The zero-order valence-corrected chi connectivity index (χ0v) is 11.6. The van der Waals surface area contributed by atoms with Crippen molar-refractivity contribution in [1.29, 1.82) is 0 Å². The molecular weight excluding hydrogens is 248 g/mol. The molecule has 3 nitrogen and oxygen atoms in total. The Morgan fingerprint density at radius 3 is 3.00 bits per heavy atom. The number of benzene rings is 1. The molecule has 0 aromatic heterocycles. The molecular formula is C14H19ClN2O. The van der Waals surface area contributed by atoms with E-state index < -0.39 is 0 Å². The molecule has 0 spiro atoms. The Labute approximate surface area is 113 Å². The molecule has 0 radical (unpaired) electrons. The van der Waals surface area contributed by atoms with E-state index in [4.69, 9.17) is 11.6 Å². The summed E-state index contributed by atoms with van der Waals surface area (Å²) in [5.74, 6) is 0.0686. The maximum atomic E-state index is 12.0. The van der Waals surface area contributed by atoms with Crippen LogP contribution in [0, 0.1) is 6.92 Å². The SMILES string of the molecule is Cc1ccc(Cl)cc1NC(=O)CC1CCCN1C. The molecule has 1 atom stereocenters. The summed E-state index contributed by atoms with van der Waals surface area (Å²) in [6.45, 7) is 3.06. The van der Waals surface area contributed by atoms with Gasteiger partial charge in [-0.05, 0) is 51.1 Å². The summed E-state index contributed by atoms with van der Waals surface area (Å²) >= 11 is 5.93. The van der Waals surface area contributed by atoms with Gasteiger partial charge in [-0.15, -0.1) is 0 Å². The van der Waals surface area contributed by atoms with Crippen molar-refractivity contribution in [3.8, 4) is 0 Å². The molecule has 0 saturated carbocycles. The third kappa shape index (κ3) is 3.24. The van der Waals surface area contributed by atoms with Gasteiger partial charge in [-0.2, -0.15) is 0 Å². The van der Waals surface area contributed by atoms with Crippen LogP contribution in [-0.2, 0) is 4.79 Å². The van der Waals surface area contributed by atoms with Crippen molar-refractivity contribution in [2.75, 3.05) is 18.9 Å². The third-order valence-corrected chi connectivity index (χ3v) is 3.80. The molecule has 1 unspecified atom stereocenters. The van der Waals surface area contributed by atoms with Crippen molar-refractivity contribution < 1.29 is 4.79 Å². The monoisotopic (exact) mass is 266 g/mol. The smallest absolute Gasteiger partial charge is 0.225 e. The molecule has 18 heavy (non-hydrogen) atoms. The average molecular weight is 267 g/mol. The third-order valence-electron chi connectivity index (χ3n) is 3.57. The van der Waals surface area contributed by atoms with Crippen molar-refractivity contribution in [2.45, 2.75) is 32.2 Å². The van der Waals surface area contributed by atoms with Crippen LogP contribution in [0.4, 0.5) is 5.69 Å². The molecule has 4 heteroatoms. The van der Waals surface area contributed by atoms with Gasteiger partial charge < -0.3 is 10.2 Å². The number of nitrogens with zero attached hydrogens (tertiary/aromatic N) is 1. The van der Waals surface area contributed by atoms with Crippen LogP contribution in [-0.4, -0.2) is 30.4 Å². The minimum absolute atomic E-state index is 0.0686. The number of hydrogen-bond donors (Lipinski definition) is 1. The Morgan fingerprint density at radius 2 is 2.33 bits per heavy atom. The number of carbonyl (C=O) groups is 1. The maximum absolute atomic E-state index is 12.0. The fraction of sp³-hybridized carbons (Fsp3) is 0.500. The Hall–Kier alpha value is -1.06. The van der Waals surface area contributed by atoms with E-state index in [1.165, 1.54) is 6.42 Å². The van der Waals surface area contributed by atoms with Crippen LogP contribution in [0.15, 0.2) is 18.2 Å². The molecule has 2 rings (SSSR count). The highest BCUT2D eigenvalue weighted by Crippen LogP contribution is 2.22. The van der Waals surface area contributed by atoms with Crippen LogP contribution < -0.4 is 5.32 Å². The second kappa shape index (κ2) is 5.72. The number of rotatable bonds is 3. The number of anilines is 1. The number of amides is 1. The van der Waals surface area contributed by atoms with Gasteiger partial charge >= 0.3 is 0 Å². The van der Waals surface area contributed by atoms with E-state index in [-0.39, 0.29) is 5.91 Å². The first-order valence-electron chi connectivity index (χ1n) is 6.32. The second-order valence-electron chi connectivity index (χ2n) is 4.99. The Bertz CT molecular complexity index is 447. The lowest BCUT2D eigenvalue weighted by Gasteiger charge is -2.19. The molecule has 1 aliphatic heterocycles. The first kappa shape index (κ1) is 13.4. The van der Waals surface area contributed by atoms with Crippen LogP contribution in [0.1, 0.15) is 24.8 Å². The molecule has 1 aromatic rings. The van der Waals surface area contributed by atoms with Gasteiger partial charge in [0.2, 0.25) is 5.91 Å². The summed E-state index contributed by atoms with van der Waals surface area (Å²) in [5, 5.41) is 3.60. The number of aryl methyl sites for hydroxylation is 1. The van der Waals surface area contributed by atoms with Crippen molar-refractivity contribution in [3.63, 3.8) is 0 Å². The zero-order chi connectivity index (χ0) is 13.1. The van der Waals surface area contributed by atoms with Crippen molar-refractivity contribution in [3.05, 3.63) is 28.8 Å². The molecule has 0 aliphatic carbocycles. The molecule has 1 saturated heterocycles. The van der Waals surface area contributed by atoms with E-state index in [2.05, 4.69) is 17.3 Å². The van der Waals surface area contributed by atoms with E-state index in [1.807, 2.05) is 19.1 Å². The second-order valence-corrected chi connectivity index (χ2v) is 5.42. The lowest BCUT2D eigenvalue weighted by atomic mass is 10.1. The molecule has 1 aromatic carbocycles. The van der Waals surface area contributed by atoms with Gasteiger partial charge in [0, 0.05) is 23.2 Å². The van der Waals surface area contributed by atoms with Crippen molar-refractivity contribution in [1.82, 2.24) is 4.90 Å². The molecule has 1 N–H and O–H groups in total. The predicted octanol–water partition coefficient (Wildman–Crippen LogP) is 3.07. The highest BCUT2D eigenvalue weighted by Gasteiger charge is 2.23. The van der Waals surface area contributed by atoms with Gasteiger partial charge in [0.1, 0.15) is 0 Å². The number of nitrogens with one attached hydrogen (secondary N) is 1. The van der Waals surface area contributed by atoms with Gasteiger partial charge in [0.25, 0.3) is 0 Å².